The standard InChI is InChI=1S/C25H25N4O4/c30-22-14-27(16-5-1-2-6-16)25(31)21-13-19-18-7-3-4-8-20(18)26-23(19)24(28(21)22)15-9-11-17(12-10-15)29(32)33/h3-4,7-12,16,21,24,26,32H,1-2,5-6,13-14H2/q-1/t21-,24?/m0/s1. The van der Waals surface area contributed by atoms with Crippen molar-refractivity contribution < 1.29 is 14.8 Å². The Bertz CT molecular complexity index is 1230. The van der Waals surface area contributed by atoms with Gasteiger partial charge in [-0.05, 0) is 42.2 Å². The fraction of sp³-hybridized carbons (Fsp3) is 0.360. The van der Waals surface area contributed by atoms with Crippen LogP contribution < -0.4 is 5.23 Å². The highest BCUT2D eigenvalue weighted by molar-refractivity contribution is 5.97. The number of hydrogen-bond donors (Lipinski definition) is 2. The number of anilines is 1. The maximum Gasteiger partial charge on any atom is 0.246 e. The minimum Gasteiger partial charge on any atom is -0.733 e. The number of aromatic nitrogens is 1. The van der Waals surface area contributed by atoms with Crippen LogP contribution in [0.1, 0.15) is 48.5 Å². The van der Waals surface area contributed by atoms with E-state index in [1.165, 1.54) is 12.1 Å². The molecule has 2 atom stereocenters. The van der Waals surface area contributed by atoms with Gasteiger partial charge in [0, 0.05) is 29.1 Å². The number of hydrogen-bond acceptors (Lipinski definition) is 5. The molecule has 2 aromatic carbocycles. The second kappa shape index (κ2) is 7.60. The molecule has 1 unspecified atom stereocenters. The molecule has 0 bridgehead atoms. The number of nitrogens with zero attached hydrogens (tertiary/aromatic N) is 3. The van der Waals surface area contributed by atoms with Gasteiger partial charge in [-0.1, -0.05) is 43.2 Å². The van der Waals surface area contributed by atoms with Crippen LogP contribution in [-0.2, 0) is 16.0 Å². The second-order valence-electron chi connectivity index (χ2n) is 9.26. The Labute approximate surface area is 190 Å². The summed E-state index contributed by atoms with van der Waals surface area (Å²) in [5.41, 5.74) is 3.82. The van der Waals surface area contributed by atoms with Crippen LogP contribution in [0.2, 0.25) is 0 Å². The van der Waals surface area contributed by atoms with Crippen molar-refractivity contribution in [1.82, 2.24) is 14.8 Å². The first-order chi connectivity index (χ1) is 16.0. The third-order valence-corrected chi connectivity index (χ3v) is 7.49. The average Bonchev–Trinajstić information content (AvgIpc) is 3.48. The number of carbonyl (C=O) groups is 2. The first-order valence-electron chi connectivity index (χ1n) is 11.5. The number of para-hydroxylation sites is 1. The minimum atomic E-state index is -0.558. The third-order valence-electron chi connectivity index (χ3n) is 7.49. The van der Waals surface area contributed by atoms with Crippen molar-refractivity contribution in [3.63, 3.8) is 0 Å². The molecule has 3 heterocycles. The molecule has 2 N–H and O–H groups in total. The Morgan fingerprint density at radius 3 is 2.48 bits per heavy atom. The van der Waals surface area contributed by atoms with Gasteiger partial charge in [-0.2, -0.15) is 0 Å². The molecule has 1 aliphatic carbocycles. The van der Waals surface area contributed by atoms with E-state index < -0.39 is 12.1 Å². The Kier molecular flexibility index (Phi) is 4.67. The Morgan fingerprint density at radius 2 is 1.76 bits per heavy atom. The van der Waals surface area contributed by atoms with Gasteiger partial charge in [-0.15, -0.1) is 0 Å². The van der Waals surface area contributed by atoms with E-state index in [0.29, 0.717) is 6.42 Å². The molecule has 3 aromatic rings. The highest BCUT2D eigenvalue weighted by Crippen LogP contribution is 2.43. The molecule has 3 aliphatic rings. The van der Waals surface area contributed by atoms with Gasteiger partial charge in [0.05, 0.1) is 11.7 Å². The summed E-state index contributed by atoms with van der Waals surface area (Å²) in [7, 11) is 0. The highest BCUT2D eigenvalue weighted by atomic mass is 16.8. The van der Waals surface area contributed by atoms with Crippen molar-refractivity contribution in [1.29, 1.82) is 0 Å². The predicted molar refractivity (Wildman–Crippen MR) is 123 cm³/mol. The lowest BCUT2D eigenvalue weighted by atomic mass is 9.86. The van der Waals surface area contributed by atoms with Crippen molar-refractivity contribution in [2.24, 2.45) is 0 Å². The maximum atomic E-state index is 13.7. The third kappa shape index (κ3) is 3.13. The van der Waals surface area contributed by atoms with Crippen LogP contribution in [0.25, 0.3) is 10.9 Å². The van der Waals surface area contributed by atoms with E-state index in [4.69, 9.17) is 0 Å². The molecule has 2 amide bonds. The van der Waals surface area contributed by atoms with Gasteiger partial charge in [0.1, 0.15) is 12.6 Å². The lowest BCUT2D eigenvalue weighted by molar-refractivity contribution is -0.160. The Balaban J connectivity index is 1.49. The van der Waals surface area contributed by atoms with Gasteiger partial charge in [0.15, 0.2) is 0 Å². The van der Waals surface area contributed by atoms with Crippen molar-refractivity contribution >= 4 is 28.4 Å². The summed E-state index contributed by atoms with van der Waals surface area (Å²) in [6, 6.07) is 13.6. The van der Waals surface area contributed by atoms with E-state index >= 15 is 0 Å². The number of H-pyrrole nitrogens is 1. The topological polar surface area (TPSA) is 103 Å². The van der Waals surface area contributed by atoms with E-state index in [2.05, 4.69) is 4.98 Å². The Hall–Kier alpha value is -3.36. The summed E-state index contributed by atoms with van der Waals surface area (Å²) in [5, 5.41) is 21.4. The number of carbonyl (C=O) groups excluding carboxylic acids is 2. The molecular weight excluding hydrogens is 420 g/mol. The van der Waals surface area contributed by atoms with Crippen molar-refractivity contribution in [3.8, 4) is 0 Å². The zero-order chi connectivity index (χ0) is 22.7. The molecule has 0 radical (unpaired) electrons. The van der Waals surface area contributed by atoms with Crippen molar-refractivity contribution in [2.75, 3.05) is 11.8 Å². The zero-order valence-electron chi connectivity index (χ0n) is 18.1. The minimum absolute atomic E-state index is 0.0279. The Morgan fingerprint density at radius 1 is 1.03 bits per heavy atom. The predicted octanol–water partition coefficient (Wildman–Crippen LogP) is 3.49. The quantitative estimate of drug-likeness (QED) is 0.601. The van der Waals surface area contributed by atoms with Crippen LogP contribution in [0.5, 0.6) is 0 Å². The van der Waals surface area contributed by atoms with E-state index in [1.54, 1.807) is 17.0 Å². The van der Waals surface area contributed by atoms with Gasteiger partial charge >= 0.3 is 0 Å². The molecule has 8 heteroatoms. The van der Waals surface area contributed by atoms with Crippen molar-refractivity contribution in [2.45, 2.75) is 50.2 Å². The largest absolute Gasteiger partial charge is 0.733 e. The fourth-order valence-corrected chi connectivity index (χ4v) is 5.94. The summed E-state index contributed by atoms with van der Waals surface area (Å²) in [6.45, 7) is 0.106. The highest BCUT2D eigenvalue weighted by Gasteiger charge is 2.49. The van der Waals surface area contributed by atoms with Crippen LogP contribution in [0.4, 0.5) is 5.69 Å². The fourth-order valence-electron chi connectivity index (χ4n) is 5.94. The number of nitrogens with one attached hydrogen (secondary N) is 1. The number of aromatic amines is 1. The zero-order valence-corrected chi connectivity index (χ0v) is 18.1. The molecule has 8 nitrogen and oxygen atoms in total. The van der Waals surface area contributed by atoms with E-state index in [0.717, 1.165) is 53.4 Å². The lowest BCUT2D eigenvalue weighted by Crippen LogP contribution is -2.64. The summed E-state index contributed by atoms with van der Waals surface area (Å²) in [6.07, 6.45) is 4.59. The monoisotopic (exact) mass is 445 g/mol. The maximum absolute atomic E-state index is 13.7. The van der Waals surface area contributed by atoms with Crippen LogP contribution in [0, 0.1) is 5.21 Å². The average molecular weight is 445 g/mol. The summed E-state index contributed by atoms with van der Waals surface area (Å²) in [5.74, 6) is -0.0300. The second-order valence-corrected chi connectivity index (χ2v) is 9.26. The molecule has 33 heavy (non-hydrogen) atoms. The number of amides is 2. The number of fused-ring (bicyclic) bond motifs is 4. The summed E-state index contributed by atoms with van der Waals surface area (Å²) in [4.78, 5) is 34.3. The van der Waals surface area contributed by atoms with Crippen LogP contribution in [0.15, 0.2) is 48.5 Å². The molecule has 0 spiro atoms. The normalized spacial score (nSPS) is 23.2. The molecule has 1 aromatic heterocycles. The van der Waals surface area contributed by atoms with Crippen LogP contribution >= 0.6 is 0 Å². The van der Waals surface area contributed by atoms with E-state index in [1.807, 2.05) is 29.2 Å². The van der Waals surface area contributed by atoms with Crippen molar-refractivity contribution in [3.05, 3.63) is 70.6 Å². The molecule has 6 rings (SSSR count). The van der Waals surface area contributed by atoms with Gasteiger partial charge in [-0.25, -0.2) is 0 Å². The molecular formula is C25H25N4O4-. The van der Waals surface area contributed by atoms with Crippen LogP contribution in [0.3, 0.4) is 0 Å². The molecule has 2 aliphatic heterocycles. The number of benzene rings is 2. The van der Waals surface area contributed by atoms with Gasteiger partial charge < -0.3 is 25.2 Å². The lowest BCUT2D eigenvalue weighted by Gasteiger charge is -2.48. The van der Waals surface area contributed by atoms with Gasteiger partial charge in [-0.3, -0.25) is 14.8 Å². The molecule has 170 valence electrons. The summed E-state index contributed by atoms with van der Waals surface area (Å²) < 4.78 is 0. The molecule has 2 fully saturated rings. The van der Waals surface area contributed by atoms with Crippen LogP contribution in [-0.4, -0.2) is 50.4 Å². The number of piperazine rings is 1. The molecule has 1 saturated carbocycles. The first-order valence-corrected chi connectivity index (χ1v) is 11.5. The number of rotatable bonds is 3. The SMILES string of the molecule is O=C1[C@@H]2Cc3c([nH]c4ccccc34)C(c3ccc(N([O-])O)cc3)N2C(=O)CN1C1CCCC1. The smallest absolute Gasteiger partial charge is 0.246 e. The molecule has 1 saturated heterocycles. The van der Waals surface area contributed by atoms with Gasteiger partial charge in [0.25, 0.3) is 0 Å². The van der Waals surface area contributed by atoms with Gasteiger partial charge in [0.2, 0.25) is 11.8 Å². The first kappa shape index (κ1) is 20.3. The summed E-state index contributed by atoms with van der Waals surface area (Å²) >= 11 is 0. The van der Waals surface area contributed by atoms with E-state index in [9.17, 15) is 20.0 Å². The van der Waals surface area contributed by atoms with E-state index in [-0.39, 0.29) is 35.3 Å².